The van der Waals surface area contributed by atoms with Crippen LogP contribution in [0.15, 0.2) is 58.7 Å². The van der Waals surface area contributed by atoms with Crippen molar-refractivity contribution in [3.05, 3.63) is 48.6 Å². The van der Waals surface area contributed by atoms with Gasteiger partial charge in [0, 0.05) is 0 Å². The minimum atomic E-state index is -4.67. The predicted molar refractivity (Wildman–Crippen MR) is 78.5 cm³/mol. The van der Waals surface area contributed by atoms with E-state index in [1.165, 1.54) is 0 Å². The Morgan fingerprint density at radius 3 is 1.76 bits per heavy atom. The number of rotatable bonds is 2. The van der Waals surface area contributed by atoms with E-state index in [0.717, 1.165) is 11.4 Å². The van der Waals surface area contributed by atoms with Crippen LogP contribution in [-0.2, 0) is 10.4 Å². The van der Waals surface area contributed by atoms with E-state index in [2.05, 4.69) is 10.1 Å². The van der Waals surface area contributed by atoms with Gasteiger partial charge in [0.15, 0.2) is 0 Å². The van der Waals surface area contributed by atoms with Gasteiger partial charge < -0.3 is 5.41 Å². The molecule has 9 heteroatoms. The number of nitrogens with zero attached hydrogens (tertiary/aromatic N) is 2. The summed E-state index contributed by atoms with van der Waals surface area (Å²) in [5.74, 6) is 0. The fourth-order valence-corrected chi connectivity index (χ4v) is 1.29. The predicted octanol–water partition coefficient (Wildman–Crippen LogP) is 2.91. The van der Waals surface area contributed by atoms with Crippen LogP contribution in [0.5, 0.6) is 0 Å². The SMILES string of the molecule is N=Nc1ccc(N=C2C=CC(=N)C=C2)cc1.O=S(=O)(O)O. The van der Waals surface area contributed by atoms with Gasteiger partial charge in [-0.25, -0.2) is 10.5 Å². The third-order valence-corrected chi connectivity index (χ3v) is 2.10. The molecular formula is C12H12N4O4S. The molecule has 0 heterocycles. The van der Waals surface area contributed by atoms with Gasteiger partial charge in [-0.3, -0.25) is 9.11 Å². The summed E-state index contributed by atoms with van der Waals surface area (Å²) in [6.07, 6.45) is 6.99. The molecule has 1 aromatic carbocycles. The highest BCUT2D eigenvalue weighted by Crippen LogP contribution is 2.18. The van der Waals surface area contributed by atoms with Crippen LogP contribution < -0.4 is 0 Å². The molecule has 0 spiro atoms. The van der Waals surface area contributed by atoms with Crippen molar-refractivity contribution in [2.75, 3.05) is 0 Å². The van der Waals surface area contributed by atoms with Crippen LogP contribution in [0.4, 0.5) is 11.4 Å². The maximum atomic E-state index is 8.74. The Bertz CT molecular complexity index is 692. The average molecular weight is 308 g/mol. The Hall–Kier alpha value is -2.49. The van der Waals surface area contributed by atoms with E-state index in [0.29, 0.717) is 11.4 Å². The molecule has 0 amide bonds. The molecule has 110 valence electrons. The zero-order chi connectivity index (χ0) is 15.9. The molecule has 0 aliphatic heterocycles. The summed E-state index contributed by atoms with van der Waals surface area (Å²) < 4.78 is 31.6. The lowest BCUT2D eigenvalue weighted by molar-refractivity contribution is 0.381. The van der Waals surface area contributed by atoms with Gasteiger partial charge in [-0.15, -0.1) is 0 Å². The Labute approximate surface area is 121 Å². The summed E-state index contributed by atoms with van der Waals surface area (Å²) in [6, 6.07) is 7.10. The summed E-state index contributed by atoms with van der Waals surface area (Å²) in [6.45, 7) is 0. The van der Waals surface area contributed by atoms with Crippen molar-refractivity contribution in [1.29, 1.82) is 10.9 Å². The number of hydrogen-bond acceptors (Lipinski definition) is 6. The normalized spacial score (nSPS) is 13.4. The van der Waals surface area contributed by atoms with Crippen LogP contribution in [-0.4, -0.2) is 28.9 Å². The first-order valence-electron chi connectivity index (χ1n) is 5.49. The smallest absolute Gasteiger partial charge is 0.301 e. The largest absolute Gasteiger partial charge is 0.394 e. The van der Waals surface area contributed by atoms with Crippen molar-refractivity contribution in [1.82, 2.24) is 0 Å². The monoisotopic (exact) mass is 308 g/mol. The summed E-state index contributed by atoms with van der Waals surface area (Å²) >= 11 is 0. The van der Waals surface area contributed by atoms with Crippen molar-refractivity contribution in [2.45, 2.75) is 0 Å². The van der Waals surface area contributed by atoms with Gasteiger partial charge in [-0.2, -0.15) is 13.5 Å². The first-order chi connectivity index (χ1) is 9.78. The Morgan fingerprint density at radius 2 is 1.33 bits per heavy atom. The van der Waals surface area contributed by atoms with Gasteiger partial charge in [0.1, 0.15) is 0 Å². The van der Waals surface area contributed by atoms with E-state index in [1.807, 2.05) is 12.1 Å². The number of aliphatic imine (C=N–C) groups is 1. The Kier molecular flexibility index (Phi) is 5.79. The minimum Gasteiger partial charge on any atom is -0.301 e. The quantitative estimate of drug-likeness (QED) is 0.377. The fourth-order valence-electron chi connectivity index (χ4n) is 1.29. The van der Waals surface area contributed by atoms with Gasteiger partial charge in [0.05, 0.1) is 22.8 Å². The topological polar surface area (TPSA) is 147 Å². The van der Waals surface area contributed by atoms with Crippen molar-refractivity contribution < 1.29 is 17.5 Å². The fraction of sp³-hybridized carbons (Fsp3) is 0. The molecule has 1 aliphatic carbocycles. The molecule has 0 atom stereocenters. The molecular weight excluding hydrogens is 296 g/mol. The highest BCUT2D eigenvalue weighted by Gasteiger charge is 1.97. The molecule has 0 radical (unpaired) electrons. The lowest BCUT2D eigenvalue weighted by Gasteiger charge is -2.00. The third-order valence-electron chi connectivity index (χ3n) is 2.10. The maximum absolute atomic E-state index is 8.74. The van der Waals surface area contributed by atoms with Crippen LogP contribution in [0, 0.1) is 10.9 Å². The maximum Gasteiger partial charge on any atom is 0.394 e. The van der Waals surface area contributed by atoms with E-state index < -0.39 is 10.4 Å². The number of nitrogens with one attached hydrogen (secondary N) is 2. The molecule has 0 saturated carbocycles. The summed E-state index contributed by atoms with van der Waals surface area (Å²) in [5, 5.41) is 10.7. The van der Waals surface area contributed by atoms with Crippen LogP contribution in [0.3, 0.4) is 0 Å². The second kappa shape index (κ2) is 7.33. The lowest BCUT2D eigenvalue weighted by atomic mass is 10.1. The van der Waals surface area contributed by atoms with Gasteiger partial charge in [0.25, 0.3) is 0 Å². The van der Waals surface area contributed by atoms with E-state index in [9.17, 15) is 0 Å². The van der Waals surface area contributed by atoms with Crippen LogP contribution in [0.25, 0.3) is 0 Å². The van der Waals surface area contributed by atoms with E-state index in [-0.39, 0.29) is 0 Å². The van der Waals surface area contributed by atoms with E-state index in [4.69, 9.17) is 28.5 Å². The number of hydrogen-bond donors (Lipinski definition) is 4. The van der Waals surface area contributed by atoms with E-state index >= 15 is 0 Å². The second-order valence-electron chi connectivity index (χ2n) is 3.73. The highest BCUT2D eigenvalue weighted by molar-refractivity contribution is 7.79. The summed E-state index contributed by atoms with van der Waals surface area (Å²) in [4.78, 5) is 4.37. The molecule has 0 saturated heterocycles. The minimum absolute atomic E-state index is 0.474. The summed E-state index contributed by atoms with van der Waals surface area (Å²) in [5.41, 5.74) is 9.54. The molecule has 4 N–H and O–H groups in total. The Balaban J connectivity index is 0.000000383. The van der Waals surface area contributed by atoms with Gasteiger partial charge in [-0.1, -0.05) is 0 Å². The molecule has 0 aromatic heterocycles. The van der Waals surface area contributed by atoms with Gasteiger partial charge in [-0.05, 0) is 48.6 Å². The summed E-state index contributed by atoms with van der Waals surface area (Å²) in [7, 11) is -4.67. The van der Waals surface area contributed by atoms with Crippen molar-refractivity contribution >= 4 is 33.2 Å². The Morgan fingerprint density at radius 1 is 0.905 bits per heavy atom. The van der Waals surface area contributed by atoms with Crippen molar-refractivity contribution in [3.63, 3.8) is 0 Å². The van der Waals surface area contributed by atoms with Crippen LogP contribution >= 0.6 is 0 Å². The molecule has 1 aliphatic rings. The third kappa shape index (κ3) is 7.62. The van der Waals surface area contributed by atoms with Gasteiger partial charge in [0.2, 0.25) is 0 Å². The number of benzene rings is 1. The van der Waals surface area contributed by atoms with Crippen molar-refractivity contribution in [3.8, 4) is 0 Å². The molecule has 0 unspecified atom stereocenters. The molecule has 0 fully saturated rings. The highest BCUT2D eigenvalue weighted by atomic mass is 32.3. The first kappa shape index (κ1) is 16.6. The van der Waals surface area contributed by atoms with Crippen LogP contribution in [0.1, 0.15) is 0 Å². The standard InChI is InChI=1S/C12H10N4.H2O4S/c13-9-1-3-10(4-2-9)15-11-5-7-12(16-14)8-6-11;1-5(2,3)4/h1-8,13-14H;(H2,1,2,3,4). The zero-order valence-electron chi connectivity index (χ0n) is 10.6. The van der Waals surface area contributed by atoms with E-state index in [1.54, 1.807) is 36.4 Å². The van der Waals surface area contributed by atoms with Crippen LogP contribution in [0.2, 0.25) is 0 Å². The lowest BCUT2D eigenvalue weighted by Crippen LogP contribution is -1.97. The molecule has 8 nitrogen and oxygen atoms in total. The van der Waals surface area contributed by atoms with Gasteiger partial charge >= 0.3 is 10.4 Å². The molecule has 0 bridgehead atoms. The number of allylic oxidation sites excluding steroid dienone is 4. The first-order valence-corrected chi connectivity index (χ1v) is 6.88. The second-order valence-corrected chi connectivity index (χ2v) is 4.63. The molecule has 2 rings (SSSR count). The molecule has 21 heavy (non-hydrogen) atoms. The van der Waals surface area contributed by atoms with Crippen molar-refractivity contribution in [2.24, 2.45) is 10.1 Å². The average Bonchev–Trinajstić information content (AvgIpc) is 2.40. The zero-order valence-corrected chi connectivity index (χ0v) is 11.4. The molecule has 1 aromatic rings.